The maximum absolute atomic E-state index is 11.8. The number of anilines is 1. The van der Waals surface area contributed by atoms with E-state index in [1.807, 2.05) is 18.2 Å². The minimum absolute atomic E-state index is 0.0386. The predicted molar refractivity (Wildman–Crippen MR) is 77.3 cm³/mol. The first kappa shape index (κ1) is 15.0. The van der Waals surface area contributed by atoms with Crippen LogP contribution >= 0.6 is 0 Å². The number of amides is 4. The molecule has 1 heterocycles. The van der Waals surface area contributed by atoms with Gasteiger partial charge in [-0.05, 0) is 24.1 Å². The molecule has 0 aliphatic carbocycles. The summed E-state index contributed by atoms with van der Waals surface area (Å²) in [4.78, 5) is 35.6. The molecule has 1 aromatic rings. The molecule has 112 valence electrons. The van der Waals surface area contributed by atoms with E-state index in [0.29, 0.717) is 18.7 Å². The van der Waals surface area contributed by atoms with Gasteiger partial charge in [-0.25, -0.2) is 4.79 Å². The number of nitrogens with one attached hydrogen (secondary N) is 2. The lowest BCUT2D eigenvalue weighted by atomic mass is 10.2. The van der Waals surface area contributed by atoms with Gasteiger partial charge in [0.25, 0.3) is 0 Å². The fraction of sp³-hybridized carbons (Fsp3) is 0.357. The zero-order valence-electron chi connectivity index (χ0n) is 11.6. The molecule has 4 N–H and O–H groups in total. The number of hydrogen-bond donors (Lipinski definition) is 3. The Morgan fingerprint density at radius 1 is 1.38 bits per heavy atom. The zero-order valence-corrected chi connectivity index (χ0v) is 11.6. The summed E-state index contributed by atoms with van der Waals surface area (Å²) in [6.45, 7) is 0.702. The summed E-state index contributed by atoms with van der Waals surface area (Å²) < 4.78 is 0. The van der Waals surface area contributed by atoms with Crippen LogP contribution < -0.4 is 16.4 Å². The van der Waals surface area contributed by atoms with E-state index >= 15 is 0 Å². The molecule has 1 aromatic carbocycles. The molecule has 0 spiro atoms. The fourth-order valence-electron chi connectivity index (χ4n) is 2.08. The fourth-order valence-corrected chi connectivity index (χ4v) is 2.08. The van der Waals surface area contributed by atoms with Crippen LogP contribution in [0.3, 0.4) is 0 Å². The largest absolute Gasteiger partial charge is 0.329 e. The van der Waals surface area contributed by atoms with Gasteiger partial charge in [0.1, 0.15) is 0 Å². The average Bonchev–Trinajstić information content (AvgIpc) is 2.79. The van der Waals surface area contributed by atoms with Crippen LogP contribution in [0.4, 0.5) is 10.5 Å². The van der Waals surface area contributed by atoms with Crippen LogP contribution in [0.1, 0.15) is 18.4 Å². The van der Waals surface area contributed by atoms with Crippen molar-refractivity contribution in [3.8, 4) is 0 Å². The van der Waals surface area contributed by atoms with Crippen molar-refractivity contribution in [3.05, 3.63) is 29.8 Å². The molecule has 7 nitrogen and oxygen atoms in total. The van der Waals surface area contributed by atoms with Crippen LogP contribution in [0.5, 0.6) is 0 Å². The SMILES string of the molecule is NCc1cccc(NC(=O)CCCN2C(=O)CNC2=O)c1. The molecule has 0 bridgehead atoms. The van der Waals surface area contributed by atoms with Crippen molar-refractivity contribution in [2.24, 2.45) is 5.73 Å². The lowest BCUT2D eigenvalue weighted by molar-refractivity contribution is -0.125. The quantitative estimate of drug-likeness (QED) is 0.660. The summed E-state index contributed by atoms with van der Waals surface area (Å²) in [6.07, 6.45) is 0.672. The van der Waals surface area contributed by atoms with Gasteiger partial charge >= 0.3 is 6.03 Å². The Balaban J connectivity index is 1.77. The molecule has 2 rings (SSSR count). The summed E-state index contributed by atoms with van der Waals surface area (Å²) in [5.74, 6) is -0.410. The highest BCUT2D eigenvalue weighted by atomic mass is 16.2. The van der Waals surface area contributed by atoms with Crippen molar-refractivity contribution >= 4 is 23.5 Å². The second kappa shape index (κ2) is 6.85. The van der Waals surface area contributed by atoms with Crippen molar-refractivity contribution in [1.29, 1.82) is 0 Å². The average molecular weight is 290 g/mol. The Bertz CT molecular complexity index is 543. The van der Waals surface area contributed by atoms with Gasteiger partial charge in [0.05, 0.1) is 6.54 Å². The Kier molecular flexibility index (Phi) is 4.89. The van der Waals surface area contributed by atoms with Gasteiger partial charge in [0.15, 0.2) is 0 Å². The highest BCUT2D eigenvalue weighted by molar-refractivity contribution is 6.02. The zero-order chi connectivity index (χ0) is 15.2. The van der Waals surface area contributed by atoms with E-state index in [-0.39, 0.29) is 31.3 Å². The summed E-state index contributed by atoms with van der Waals surface area (Å²) in [6, 6.07) is 6.92. The van der Waals surface area contributed by atoms with Crippen LogP contribution in [-0.4, -0.2) is 35.8 Å². The number of rotatable bonds is 6. The van der Waals surface area contributed by atoms with Crippen molar-refractivity contribution in [2.45, 2.75) is 19.4 Å². The minimum atomic E-state index is -0.393. The van der Waals surface area contributed by atoms with Crippen LogP contribution in [-0.2, 0) is 16.1 Å². The molecule has 21 heavy (non-hydrogen) atoms. The number of carbonyl (C=O) groups excluding carboxylic acids is 3. The minimum Gasteiger partial charge on any atom is -0.329 e. The summed E-state index contributed by atoms with van der Waals surface area (Å²) >= 11 is 0. The molecular weight excluding hydrogens is 272 g/mol. The first-order valence-corrected chi connectivity index (χ1v) is 6.77. The van der Waals surface area contributed by atoms with E-state index in [1.165, 1.54) is 0 Å². The molecule has 1 aliphatic heterocycles. The van der Waals surface area contributed by atoms with Gasteiger partial charge in [-0.3, -0.25) is 14.5 Å². The number of imide groups is 1. The lowest BCUT2D eigenvalue weighted by Crippen LogP contribution is -2.32. The predicted octanol–water partition coefficient (Wildman–Crippen LogP) is 0.416. The molecular formula is C14H18N4O3. The van der Waals surface area contributed by atoms with Gasteiger partial charge < -0.3 is 16.4 Å². The van der Waals surface area contributed by atoms with Crippen LogP contribution in [0, 0.1) is 0 Å². The Labute approximate surface area is 122 Å². The molecule has 0 saturated carbocycles. The molecule has 0 aromatic heterocycles. The molecule has 4 amide bonds. The van der Waals surface area contributed by atoms with Gasteiger partial charge in [-0.2, -0.15) is 0 Å². The summed E-state index contributed by atoms with van der Waals surface area (Å²) in [7, 11) is 0. The first-order valence-electron chi connectivity index (χ1n) is 6.77. The standard InChI is InChI=1S/C14H18N4O3/c15-8-10-3-1-4-11(7-10)17-12(19)5-2-6-18-13(20)9-16-14(18)21/h1,3-4,7H,2,5-6,8-9,15H2,(H,16,21)(H,17,19). The molecule has 0 unspecified atom stereocenters. The van der Waals surface area contributed by atoms with Crippen molar-refractivity contribution in [1.82, 2.24) is 10.2 Å². The second-order valence-electron chi connectivity index (χ2n) is 4.76. The van der Waals surface area contributed by atoms with Gasteiger partial charge in [-0.1, -0.05) is 12.1 Å². The van der Waals surface area contributed by atoms with E-state index in [1.54, 1.807) is 6.07 Å². The third-order valence-corrected chi connectivity index (χ3v) is 3.17. The molecule has 1 fully saturated rings. The topological polar surface area (TPSA) is 105 Å². The van der Waals surface area contributed by atoms with Crippen molar-refractivity contribution in [2.75, 3.05) is 18.4 Å². The van der Waals surface area contributed by atoms with E-state index in [4.69, 9.17) is 5.73 Å². The number of carbonyl (C=O) groups is 3. The third kappa shape index (κ3) is 4.03. The lowest BCUT2D eigenvalue weighted by Gasteiger charge is -2.12. The van der Waals surface area contributed by atoms with Crippen LogP contribution in [0.25, 0.3) is 0 Å². The number of nitrogens with zero attached hydrogens (tertiary/aromatic N) is 1. The van der Waals surface area contributed by atoms with E-state index in [0.717, 1.165) is 10.5 Å². The Morgan fingerprint density at radius 2 is 2.19 bits per heavy atom. The Morgan fingerprint density at radius 3 is 2.86 bits per heavy atom. The first-order chi connectivity index (χ1) is 10.1. The molecule has 1 aliphatic rings. The number of nitrogens with two attached hydrogens (primary N) is 1. The second-order valence-corrected chi connectivity index (χ2v) is 4.76. The molecule has 0 radical (unpaired) electrons. The van der Waals surface area contributed by atoms with Gasteiger partial charge in [0, 0.05) is 25.2 Å². The summed E-state index contributed by atoms with van der Waals surface area (Å²) in [5.41, 5.74) is 7.17. The molecule has 0 atom stereocenters. The number of hydrogen-bond acceptors (Lipinski definition) is 4. The third-order valence-electron chi connectivity index (χ3n) is 3.17. The maximum atomic E-state index is 11.8. The number of urea groups is 1. The van der Waals surface area contributed by atoms with Crippen LogP contribution in [0.2, 0.25) is 0 Å². The molecule has 7 heteroatoms. The van der Waals surface area contributed by atoms with Gasteiger partial charge in [0.2, 0.25) is 11.8 Å². The molecule has 1 saturated heterocycles. The highest BCUT2D eigenvalue weighted by Gasteiger charge is 2.27. The van der Waals surface area contributed by atoms with E-state index < -0.39 is 6.03 Å². The number of benzene rings is 1. The van der Waals surface area contributed by atoms with Gasteiger partial charge in [-0.15, -0.1) is 0 Å². The smallest absolute Gasteiger partial charge is 0.324 e. The summed E-state index contributed by atoms with van der Waals surface area (Å²) in [5, 5.41) is 5.20. The highest BCUT2D eigenvalue weighted by Crippen LogP contribution is 2.11. The maximum Gasteiger partial charge on any atom is 0.324 e. The van der Waals surface area contributed by atoms with Crippen molar-refractivity contribution in [3.63, 3.8) is 0 Å². The van der Waals surface area contributed by atoms with E-state index in [2.05, 4.69) is 10.6 Å². The van der Waals surface area contributed by atoms with E-state index in [9.17, 15) is 14.4 Å². The Hall–Kier alpha value is -2.41. The van der Waals surface area contributed by atoms with Crippen LogP contribution in [0.15, 0.2) is 24.3 Å². The van der Waals surface area contributed by atoms with Crippen molar-refractivity contribution < 1.29 is 14.4 Å². The monoisotopic (exact) mass is 290 g/mol. The normalized spacial score (nSPS) is 14.2.